The van der Waals surface area contributed by atoms with Gasteiger partial charge in [0.1, 0.15) is 5.75 Å². The van der Waals surface area contributed by atoms with Crippen LogP contribution in [0.5, 0.6) is 5.75 Å². The number of carbonyl (C=O) groups excluding carboxylic acids is 2. The number of nitrogens with two attached hydrogens (primary N) is 1. The Hall–Kier alpha value is -2.25. The van der Waals surface area contributed by atoms with Gasteiger partial charge in [-0.05, 0) is 24.3 Å². The van der Waals surface area contributed by atoms with Gasteiger partial charge in [0.15, 0.2) is 6.61 Å². The lowest BCUT2D eigenvalue weighted by Gasteiger charge is -2.17. The summed E-state index contributed by atoms with van der Waals surface area (Å²) in [6.07, 6.45) is -4.36. The van der Waals surface area contributed by atoms with Gasteiger partial charge in [0, 0.05) is 18.7 Å². The molecular weight excluding hydrogens is 289 g/mol. The highest BCUT2D eigenvalue weighted by Crippen LogP contribution is 2.27. The smallest absolute Gasteiger partial charge is 0.422 e. The molecule has 2 N–H and O–H groups in total. The van der Waals surface area contributed by atoms with Gasteiger partial charge in [-0.15, -0.1) is 0 Å². The maximum absolute atomic E-state index is 12.0. The zero-order chi connectivity index (χ0) is 15.6. The molecule has 2 amide bonds. The average Bonchev–Trinajstić information content (AvgIpc) is 2.78. The van der Waals surface area contributed by atoms with Crippen molar-refractivity contribution in [1.82, 2.24) is 0 Å². The fourth-order valence-electron chi connectivity index (χ4n) is 2.04. The van der Waals surface area contributed by atoms with Crippen molar-refractivity contribution in [3.63, 3.8) is 0 Å². The van der Waals surface area contributed by atoms with E-state index in [2.05, 4.69) is 4.74 Å². The number of benzene rings is 1. The molecule has 1 fully saturated rings. The minimum atomic E-state index is -4.40. The molecule has 114 valence electrons. The van der Waals surface area contributed by atoms with E-state index in [1.54, 1.807) is 0 Å². The van der Waals surface area contributed by atoms with Crippen LogP contribution in [0.3, 0.4) is 0 Å². The topological polar surface area (TPSA) is 72.6 Å². The minimum Gasteiger partial charge on any atom is -0.484 e. The first-order valence-corrected chi connectivity index (χ1v) is 6.15. The van der Waals surface area contributed by atoms with E-state index in [0.29, 0.717) is 5.69 Å². The molecule has 1 aromatic rings. The fraction of sp³-hybridized carbons (Fsp3) is 0.385. The zero-order valence-electron chi connectivity index (χ0n) is 10.9. The van der Waals surface area contributed by atoms with Crippen LogP contribution in [-0.2, 0) is 9.59 Å². The summed E-state index contributed by atoms with van der Waals surface area (Å²) in [6.45, 7) is -1.20. The Morgan fingerprint density at radius 1 is 1.33 bits per heavy atom. The molecule has 1 atom stereocenters. The monoisotopic (exact) mass is 302 g/mol. The van der Waals surface area contributed by atoms with Gasteiger partial charge in [-0.3, -0.25) is 9.59 Å². The van der Waals surface area contributed by atoms with Crippen molar-refractivity contribution in [1.29, 1.82) is 0 Å². The molecule has 0 aromatic heterocycles. The Morgan fingerprint density at radius 3 is 2.43 bits per heavy atom. The second-order valence-electron chi connectivity index (χ2n) is 4.71. The number of anilines is 1. The van der Waals surface area contributed by atoms with Gasteiger partial charge in [0.2, 0.25) is 11.8 Å². The van der Waals surface area contributed by atoms with Crippen LogP contribution in [0.1, 0.15) is 6.42 Å². The van der Waals surface area contributed by atoms with Crippen molar-refractivity contribution in [3.8, 4) is 5.75 Å². The summed E-state index contributed by atoms with van der Waals surface area (Å²) in [4.78, 5) is 24.2. The molecule has 8 heteroatoms. The Balaban J connectivity index is 2.02. The summed E-state index contributed by atoms with van der Waals surface area (Å²) in [5, 5.41) is 0. The van der Waals surface area contributed by atoms with E-state index >= 15 is 0 Å². The van der Waals surface area contributed by atoms with Crippen LogP contribution in [0.25, 0.3) is 0 Å². The second kappa shape index (κ2) is 5.63. The van der Waals surface area contributed by atoms with Crippen LogP contribution < -0.4 is 15.4 Å². The molecule has 1 aliphatic heterocycles. The van der Waals surface area contributed by atoms with Crippen molar-refractivity contribution in [2.75, 3.05) is 18.1 Å². The summed E-state index contributed by atoms with van der Waals surface area (Å²) in [6, 6.07) is 5.61. The van der Waals surface area contributed by atoms with E-state index in [0.717, 1.165) is 0 Å². The number of amides is 2. The number of hydrogen-bond donors (Lipinski definition) is 1. The molecule has 2 rings (SSSR count). The van der Waals surface area contributed by atoms with Gasteiger partial charge in [-0.2, -0.15) is 13.2 Å². The summed E-state index contributed by atoms with van der Waals surface area (Å²) in [5.74, 6) is -1.29. The first-order chi connectivity index (χ1) is 9.76. The molecule has 1 aromatic carbocycles. The van der Waals surface area contributed by atoms with Gasteiger partial charge in [0.25, 0.3) is 0 Å². The highest BCUT2D eigenvalue weighted by atomic mass is 19.4. The third-order valence-electron chi connectivity index (χ3n) is 3.08. The van der Waals surface area contributed by atoms with E-state index in [1.165, 1.54) is 29.2 Å². The maximum atomic E-state index is 12.0. The van der Waals surface area contributed by atoms with E-state index in [4.69, 9.17) is 5.73 Å². The minimum absolute atomic E-state index is 0.0433. The number of ether oxygens (including phenoxy) is 1. The summed E-state index contributed by atoms with van der Waals surface area (Å²) >= 11 is 0. The van der Waals surface area contributed by atoms with E-state index in [-0.39, 0.29) is 24.6 Å². The molecule has 1 saturated heterocycles. The lowest BCUT2D eigenvalue weighted by molar-refractivity contribution is -0.153. The molecule has 1 unspecified atom stereocenters. The molecule has 0 spiro atoms. The van der Waals surface area contributed by atoms with Crippen LogP contribution in [-0.4, -0.2) is 31.1 Å². The maximum Gasteiger partial charge on any atom is 0.422 e. The average molecular weight is 302 g/mol. The Kier molecular flexibility index (Phi) is 4.06. The lowest BCUT2D eigenvalue weighted by Crippen LogP contribution is -2.28. The molecule has 1 aliphatic rings. The summed E-state index contributed by atoms with van der Waals surface area (Å²) < 4.78 is 40.6. The van der Waals surface area contributed by atoms with Crippen LogP contribution in [0.4, 0.5) is 18.9 Å². The summed E-state index contributed by atoms with van der Waals surface area (Å²) in [5.41, 5.74) is 5.65. The first kappa shape index (κ1) is 15.1. The Labute approximate surface area is 118 Å². The molecule has 0 aliphatic carbocycles. The highest BCUT2D eigenvalue weighted by molar-refractivity contribution is 6.00. The van der Waals surface area contributed by atoms with Crippen LogP contribution in [0.15, 0.2) is 24.3 Å². The lowest BCUT2D eigenvalue weighted by atomic mass is 10.1. The van der Waals surface area contributed by atoms with Crippen molar-refractivity contribution in [2.45, 2.75) is 12.6 Å². The van der Waals surface area contributed by atoms with Gasteiger partial charge >= 0.3 is 6.18 Å². The molecule has 1 heterocycles. The fourth-order valence-corrected chi connectivity index (χ4v) is 2.04. The van der Waals surface area contributed by atoms with E-state index in [9.17, 15) is 22.8 Å². The third-order valence-corrected chi connectivity index (χ3v) is 3.08. The van der Waals surface area contributed by atoms with Crippen LogP contribution >= 0.6 is 0 Å². The molecular formula is C13H13F3N2O3. The number of nitrogens with zero attached hydrogens (tertiary/aromatic N) is 1. The van der Waals surface area contributed by atoms with Crippen LogP contribution in [0, 0.1) is 5.92 Å². The number of hydrogen-bond acceptors (Lipinski definition) is 3. The number of primary amides is 1. The van der Waals surface area contributed by atoms with E-state index in [1.807, 2.05) is 0 Å². The zero-order valence-corrected chi connectivity index (χ0v) is 10.9. The number of rotatable bonds is 4. The number of halogens is 3. The first-order valence-electron chi connectivity index (χ1n) is 6.15. The number of carbonyl (C=O) groups is 2. The van der Waals surface area contributed by atoms with Gasteiger partial charge in [-0.25, -0.2) is 0 Å². The molecule has 0 bridgehead atoms. The normalized spacial score (nSPS) is 18.9. The second-order valence-corrected chi connectivity index (χ2v) is 4.71. The van der Waals surface area contributed by atoms with Crippen molar-refractivity contribution < 1.29 is 27.5 Å². The molecule has 0 saturated carbocycles. The Morgan fingerprint density at radius 2 is 1.95 bits per heavy atom. The number of alkyl halides is 3. The van der Waals surface area contributed by atoms with Crippen LogP contribution in [0.2, 0.25) is 0 Å². The highest BCUT2D eigenvalue weighted by Gasteiger charge is 2.34. The van der Waals surface area contributed by atoms with Gasteiger partial charge in [-0.1, -0.05) is 0 Å². The predicted octanol–water partition coefficient (Wildman–Crippen LogP) is 1.47. The molecule has 0 radical (unpaired) electrons. The quantitative estimate of drug-likeness (QED) is 0.915. The predicted molar refractivity (Wildman–Crippen MR) is 67.6 cm³/mol. The van der Waals surface area contributed by atoms with Crippen molar-refractivity contribution in [2.24, 2.45) is 11.7 Å². The summed E-state index contributed by atoms with van der Waals surface area (Å²) in [7, 11) is 0. The van der Waals surface area contributed by atoms with Crippen molar-refractivity contribution >= 4 is 17.5 Å². The standard InChI is InChI=1S/C13H13F3N2O3/c14-13(15,16)7-21-10-3-1-9(2-4-10)18-6-8(12(17)20)5-11(18)19/h1-4,8H,5-7H2,(H2,17,20). The van der Waals surface area contributed by atoms with Crippen molar-refractivity contribution in [3.05, 3.63) is 24.3 Å². The van der Waals surface area contributed by atoms with Gasteiger partial charge < -0.3 is 15.4 Å². The SMILES string of the molecule is NC(=O)C1CC(=O)N(c2ccc(OCC(F)(F)F)cc2)C1. The molecule has 21 heavy (non-hydrogen) atoms. The molecule has 5 nitrogen and oxygen atoms in total. The van der Waals surface area contributed by atoms with E-state index < -0.39 is 24.6 Å². The third kappa shape index (κ3) is 3.87. The largest absolute Gasteiger partial charge is 0.484 e. The van der Waals surface area contributed by atoms with Gasteiger partial charge in [0.05, 0.1) is 5.92 Å². The Bertz CT molecular complexity index is 543.